The second-order valence-corrected chi connectivity index (χ2v) is 11.9. The molecule has 4 aromatic rings. The van der Waals surface area contributed by atoms with E-state index in [0.717, 1.165) is 37.2 Å². The van der Waals surface area contributed by atoms with Crippen LogP contribution in [0.3, 0.4) is 0 Å². The Balaban J connectivity index is 1.38. The maximum Gasteiger partial charge on any atom is 0.317 e. The minimum Gasteiger partial charge on any atom is -0.458 e. The summed E-state index contributed by atoms with van der Waals surface area (Å²) in [6.45, 7) is 5.65. The minimum absolute atomic E-state index is 0.0143. The van der Waals surface area contributed by atoms with E-state index >= 15 is 0 Å². The summed E-state index contributed by atoms with van der Waals surface area (Å²) in [6.07, 6.45) is 3.97. The second kappa shape index (κ2) is 14.3. The van der Waals surface area contributed by atoms with Gasteiger partial charge in [0.15, 0.2) is 5.78 Å². The lowest BCUT2D eigenvalue weighted by molar-refractivity contribution is -0.180. The maximum absolute atomic E-state index is 13.9. The van der Waals surface area contributed by atoms with Gasteiger partial charge in [-0.3, -0.25) is 9.59 Å². The van der Waals surface area contributed by atoms with Gasteiger partial charge in [0.2, 0.25) is 0 Å². The van der Waals surface area contributed by atoms with Crippen LogP contribution < -0.4 is 4.90 Å². The molecular weight excluding hydrogens is 530 g/mol. The monoisotopic (exact) mass is 573 g/mol. The first-order chi connectivity index (χ1) is 21.0. The zero-order valence-corrected chi connectivity index (χ0v) is 25.5. The Morgan fingerprint density at radius 2 is 1.33 bits per heavy atom. The number of ketones is 1. The van der Waals surface area contributed by atoms with Gasteiger partial charge >= 0.3 is 5.97 Å². The Kier molecular flexibility index (Phi) is 10.1. The van der Waals surface area contributed by atoms with Crippen LogP contribution in [-0.2, 0) is 33.8 Å². The minimum atomic E-state index is -0.779. The SMILES string of the molecule is CCC[C@@]1(CCc2ccccc2)CC(=O)C([C@H](CC)c2cccc(N(Cc3ccccc3)Cc3ccccc3)c2)C(=O)O1. The molecule has 0 amide bonds. The number of anilines is 1. The number of Topliss-reactive ketones (excluding diaryl/α,β-unsaturated/α-hetero) is 1. The van der Waals surface area contributed by atoms with Crippen LogP contribution in [0.15, 0.2) is 115 Å². The van der Waals surface area contributed by atoms with Crippen LogP contribution in [0.4, 0.5) is 5.69 Å². The molecule has 4 nitrogen and oxygen atoms in total. The molecule has 1 aliphatic rings. The normalized spacial score (nSPS) is 19.1. The van der Waals surface area contributed by atoms with Crippen molar-refractivity contribution < 1.29 is 14.3 Å². The number of cyclic esters (lactones) is 1. The van der Waals surface area contributed by atoms with Crippen LogP contribution in [0, 0.1) is 5.92 Å². The van der Waals surface area contributed by atoms with Crippen LogP contribution in [0.2, 0.25) is 0 Å². The molecule has 0 aromatic heterocycles. The summed E-state index contributed by atoms with van der Waals surface area (Å²) in [4.78, 5) is 30.0. The van der Waals surface area contributed by atoms with Gasteiger partial charge < -0.3 is 9.64 Å². The summed E-state index contributed by atoms with van der Waals surface area (Å²) in [6, 6.07) is 39.6. The van der Waals surface area contributed by atoms with Crippen LogP contribution in [0.1, 0.15) is 74.1 Å². The molecule has 1 fully saturated rings. The van der Waals surface area contributed by atoms with Crippen molar-refractivity contribution in [1.82, 2.24) is 0 Å². The predicted molar refractivity (Wildman–Crippen MR) is 174 cm³/mol. The van der Waals surface area contributed by atoms with Crippen molar-refractivity contribution >= 4 is 17.4 Å². The number of aryl methyl sites for hydroxylation is 1. The number of hydrogen-bond acceptors (Lipinski definition) is 4. The topological polar surface area (TPSA) is 46.6 Å². The fourth-order valence-electron chi connectivity index (χ4n) is 6.60. The molecule has 4 aromatic carbocycles. The lowest BCUT2D eigenvalue weighted by Crippen LogP contribution is -2.49. The molecule has 43 heavy (non-hydrogen) atoms. The molecule has 0 saturated carbocycles. The van der Waals surface area contributed by atoms with E-state index in [-0.39, 0.29) is 24.1 Å². The van der Waals surface area contributed by atoms with E-state index in [1.807, 2.05) is 30.3 Å². The van der Waals surface area contributed by atoms with Crippen molar-refractivity contribution in [3.63, 3.8) is 0 Å². The first-order valence-electron chi connectivity index (χ1n) is 15.7. The molecular formula is C39H43NO3. The summed E-state index contributed by atoms with van der Waals surface area (Å²) >= 11 is 0. The van der Waals surface area contributed by atoms with Gasteiger partial charge in [0, 0.05) is 31.1 Å². The number of esters is 1. The van der Waals surface area contributed by atoms with Crippen molar-refractivity contribution in [2.24, 2.45) is 5.92 Å². The molecule has 0 spiro atoms. The highest BCUT2D eigenvalue weighted by atomic mass is 16.6. The van der Waals surface area contributed by atoms with Crippen molar-refractivity contribution in [3.05, 3.63) is 138 Å². The molecule has 3 atom stereocenters. The Labute approximate surface area is 256 Å². The third-order valence-electron chi connectivity index (χ3n) is 8.77. The standard InChI is InChI=1S/C39H43NO3/c1-3-24-39(25-23-30-15-8-5-9-16-30)27-36(41)37(38(42)43-39)35(4-2)33-21-14-22-34(26-33)40(28-31-17-10-6-11-18-31)29-32-19-12-7-13-20-32/h5-22,26,35,37H,3-4,23-25,27-29H2,1-2H3/t35-,37?,39-/m1/s1. The van der Waals surface area contributed by atoms with Crippen LogP contribution in [0.25, 0.3) is 0 Å². The Morgan fingerprint density at radius 1 is 0.744 bits per heavy atom. The first-order valence-corrected chi connectivity index (χ1v) is 15.7. The van der Waals surface area contributed by atoms with Gasteiger partial charge in [-0.2, -0.15) is 0 Å². The predicted octanol–water partition coefficient (Wildman–Crippen LogP) is 8.69. The molecule has 0 N–H and O–H groups in total. The number of ether oxygens (including phenoxy) is 1. The van der Waals surface area contributed by atoms with E-state index in [4.69, 9.17) is 4.74 Å². The maximum atomic E-state index is 13.9. The van der Waals surface area contributed by atoms with E-state index in [1.54, 1.807) is 0 Å². The Hall–Kier alpha value is -4.18. The smallest absolute Gasteiger partial charge is 0.317 e. The summed E-state index contributed by atoms with van der Waals surface area (Å²) < 4.78 is 6.29. The summed E-state index contributed by atoms with van der Waals surface area (Å²) in [7, 11) is 0. The number of carbonyl (C=O) groups excluding carboxylic acids is 2. The van der Waals surface area contributed by atoms with Gasteiger partial charge in [-0.1, -0.05) is 123 Å². The third-order valence-corrected chi connectivity index (χ3v) is 8.77. The van der Waals surface area contributed by atoms with E-state index in [2.05, 4.69) is 104 Å². The van der Waals surface area contributed by atoms with Gasteiger partial charge in [0.25, 0.3) is 0 Å². The zero-order chi connectivity index (χ0) is 30.1. The number of carbonyl (C=O) groups is 2. The molecule has 1 heterocycles. The molecule has 0 radical (unpaired) electrons. The van der Waals surface area contributed by atoms with Crippen LogP contribution in [0.5, 0.6) is 0 Å². The molecule has 1 aliphatic heterocycles. The van der Waals surface area contributed by atoms with Gasteiger partial charge in [-0.15, -0.1) is 0 Å². The lowest BCUT2D eigenvalue weighted by Gasteiger charge is -2.41. The highest BCUT2D eigenvalue weighted by molar-refractivity contribution is 6.02. The fourth-order valence-corrected chi connectivity index (χ4v) is 6.60. The van der Waals surface area contributed by atoms with Crippen LogP contribution >= 0.6 is 0 Å². The number of nitrogens with zero attached hydrogens (tertiary/aromatic N) is 1. The summed E-state index contributed by atoms with van der Waals surface area (Å²) in [5.41, 5.74) is 5.01. The summed E-state index contributed by atoms with van der Waals surface area (Å²) in [5.74, 6) is -1.36. The van der Waals surface area contributed by atoms with Crippen molar-refractivity contribution in [2.45, 2.75) is 77.0 Å². The lowest BCUT2D eigenvalue weighted by atomic mass is 9.74. The van der Waals surface area contributed by atoms with Gasteiger partial charge in [-0.05, 0) is 60.1 Å². The fraction of sp³-hybridized carbons (Fsp3) is 0.333. The first kappa shape index (κ1) is 30.3. The molecule has 1 saturated heterocycles. The quantitative estimate of drug-likeness (QED) is 0.119. The van der Waals surface area contributed by atoms with E-state index in [0.29, 0.717) is 19.3 Å². The average molecular weight is 574 g/mol. The third kappa shape index (κ3) is 7.62. The highest BCUT2D eigenvalue weighted by Gasteiger charge is 2.48. The Morgan fingerprint density at radius 3 is 1.86 bits per heavy atom. The van der Waals surface area contributed by atoms with Crippen molar-refractivity contribution in [2.75, 3.05) is 4.90 Å². The number of hydrogen-bond donors (Lipinski definition) is 0. The number of benzene rings is 4. The van der Waals surface area contributed by atoms with E-state index in [1.165, 1.54) is 16.7 Å². The van der Waals surface area contributed by atoms with Crippen molar-refractivity contribution in [1.29, 1.82) is 0 Å². The average Bonchev–Trinajstić information content (AvgIpc) is 3.03. The van der Waals surface area contributed by atoms with Gasteiger partial charge in [-0.25, -0.2) is 0 Å². The largest absolute Gasteiger partial charge is 0.458 e. The van der Waals surface area contributed by atoms with Crippen LogP contribution in [-0.4, -0.2) is 17.4 Å². The second-order valence-electron chi connectivity index (χ2n) is 11.9. The van der Waals surface area contributed by atoms with E-state index < -0.39 is 11.5 Å². The summed E-state index contributed by atoms with van der Waals surface area (Å²) in [5, 5.41) is 0. The van der Waals surface area contributed by atoms with Gasteiger partial charge in [0.05, 0.1) is 0 Å². The Bertz CT molecular complexity index is 1410. The van der Waals surface area contributed by atoms with E-state index in [9.17, 15) is 9.59 Å². The molecule has 4 heteroatoms. The molecule has 0 aliphatic carbocycles. The molecule has 5 rings (SSSR count). The zero-order valence-electron chi connectivity index (χ0n) is 25.5. The highest BCUT2D eigenvalue weighted by Crippen LogP contribution is 2.41. The van der Waals surface area contributed by atoms with Gasteiger partial charge in [0.1, 0.15) is 11.5 Å². The molecule has 1 unspecified atom stereocenters. The molecule has 222 valence electrons. The number of rotatable bonds is 13. The van der Waals surface area contributed by atoms with Crippen molar-refractivity contribution in [3.8, 4) is 0 Å². The molecule has 0 bridgehead atoms.